The van der Waals surface area contributed by atoms with E-state index >= 15 is 0 Å². The topological polar surface area (TPSA) is 20.2 Å². The van der Waals surface area contributed by atoms with E-state index in [2.05, 4.69) is 0 Å². The maximum Gasteiger partial charge on any atom is 0.159 e. The highest BCUT2D eigenvalue weighted by Gasteiger charge is 2.05. The quantitative estimate of drug-likeness (QED) is 0.842. The molecule has 1 atom stereocenters. The van der Waals surface area contributed by atoms with E-state index in [9.17, 15) is 13.9 Å². The van der Waals surface area contributed by atoms with Crippen LogP contribution < -0.4 is 0 Å². The fourth-order valence-corrected chi connectivity index (χ4v) is 2.57. The van der Waals surface area contributed by atoms with Crippen LogP contribution in [0, 0.1) is 11.6 Å². The second-order valence-electron chi connectivity index (χ2n) is 4.29. The van der Waals surface area contributed by atoms with E-state index in [0.29, 0.717) is 5.75 Å². The van der Waals surface area contributed by atoms with Gasteiger partial charge in [0, 0.05) is 10.6 Å². The fraction of sp³-hybridized carbons (Fsp3) is 0.200. The van der Waals surface area contributed by atoms with Crippen molar-refractivity contribution in [3.8, 4) is 0 Å². The van der Waals surface area contributed by atoms with Crippen molar-refractivity contribution in [1.82, 2.24) is 0 Å². The van der Waals surface area contributed by atoms with Gasteiger partial charge in [0.15, 0.2) is 11.6 Å². The fourth-order valence-electron chi connectivity index (χ4n) is 1.66. The van der Waals surface area contributed by atoms with Gasteiger partial charge in [0.25, 0.3) is 0 Å². The molecule has 0 radical (unpaired) electrons. The van der Waals surface area contributed by atoms with Crippen molar-refractivity contribution in [1.29, 1.82) is 0 Å². The van der Waals surface area contributed by atoms with Gasteiger partial charge >= 0.3 is 0 Å². The molecule has 4 heteroatoms. The molecule has 1 N–H and O–H groups in total. The SMILES string of the molecule is CC(O)c1cccc(SCc2ccc(F)c(F)c2)c1. The first-order valence-corrected chi connectivity index (χ1v) is 6.89. The van der Waals surface area contributed by atoms with E-state index in [-0.39, 0.29) is 0 Å². The molecule has 100 valence electrons. The summed E-state index contributed by atoms with van der Waals surface area (Å²) < 4.78 is 25.9. The number of rotatable bonds is 4. The third-order valence-corrected chi connectivity index (χ3v) is 3.79. The number of aliphatic hydroxyl groups is 1. The molecule has 0 saturated carbocycles. The molecule has 0 bridgehead atoms. The van der Waals surface area contributed by atoms with Crippen LogP contribution in [0.15, 0.2) is 47.4 Å². The summed E-state index contributed by atoms with van der Waals surface area (Å²) in [6, 6.07) is 11.5. The van der Waals surface area contributed by atoms with Crippen LogP contribution in [0.2, 0.25) is 0 Å². The number of thioether (sulfide) groups is 1. The Balaban J connectivity index is 2.05. The predicted molar refractivity (Wildman–Crippen MR) is 73.0 cm³/mol. The van der Waals surface area contributed by atoms with Crippen LogP contribution in [-0.2, 0) is 5.75 Å². The number of hydrogen-bond acceptors (Lipinski definition) is 2. The Morgan fingerprint density at radius 2 is 1.89 bits per heavy atom. The van der Waals surface area contributed by atoms with Gasteiger partial charge in [-0.2, -0.15) is 0 Å². The van der Waals surface area contributed by atoms with Crippen molar-refractivity contribution in [3.63, 3.8) is 0 Å². The molecule has 0 saturated heterocycles. The van der Waals surface area contributed by atoms with Crippen LogP contribution >= 0.6 is 11.8 Å². The Labute approximate surface area is 115 Å². The monoisotopic (exact) mass is 280 g/mol. The molecule has 1 unspecified atom stereocenters. The van der Waals surface area contributed by atoms with Gasteiger partial charge in [-0.15, -0.1) is 11.8 Å². The minimum atomic E-state index is -0.829. The van der Waals surface area contributed by atoms with Crippen molar-refractivity contribution in [2.24, 2.45) is 0 Å². The molecule has 0 amide bonds. The van der Waals surface area contributed by atoms with Crippen molar-refractivity contribution < 1.29 is 13.9 Å². The average Bonchev–Trinajstić information content (AvgIpc) is 2.40. The highest BCUT2D eigenvalue weighted by atomic mass is 32.2. The number of aliphatic hydroxyl groups excluding tert-OH is 1. The molecule has 0 aliphatic heterocycles. The van der Waals surface area contributed by atoms with Gasteiger partial charge < -0.3 is 5.11 Å². The van der Waals surface area contributed by atoms with Crippen LogP contribution in [0.4, 0.5) is 8.78 Å². The second kappa shape index (κ2) is 6.17. The van der Waals surface area contributed by atoms with Gasteiger partial charge in [-0.3, -0.25) is 0 Å². The van der Waals surface area contributed by atoms with E-state index in [1.165, 1.54) is 17.8 Å². The molecule has 2 rings (SSSR count). The second-order valence-corrected chi connectivity index (χ2v) is 5.33. The summed E-state index contributed by atoms with van der Waals surface area (Å²) in [5, 5.41) is 9.50. The third-order valence-electron chi connectivity index (χ3n) is 2.73. The van der Waals surface area contributed by atoms with Crippen molar-refractivity contribution in [2.45, 2.75) is 23.7 Å². The zero-order valence-corrected chi connectivity index (χ0v) is 11.3. The summed E-state index contributed by atoms with van der Waals surface area (Å²) in [7, 11) is 0. The van der Waals surface area contributed by atoms with Gasteiger partial charge in [0.1, 0.15) is 0 Å². The maximum atomic E-state index is 13.1. The van der Waals surface area contributed by atoms with Crippen molar-refractivity contribution >= 4 is 11.8 Å². The molecule has 0 aliphatic rings. The lowest BCUT2D eigenvalue weighted by molar-refractivity contribution is 0.199. The summed E-state index contributed by atoms with van der Waals surface area (Å²) in [6.45, 7) is 1.71. The van der Waals surface area contributed by atoms with E-state index in [0.717, 1.165) is 22.1 Å². The smallest absolute Gasteiger partial charge is 0.159 e. The van der Waals surface area contributed by atoms with Crippen LogP contribution in [0.3, 0.4) is 0 Å². The van der Waals surface area contributed by atoms with Gasteiger partial charge in [0.05, 0.1) is 6.10 Å². The minimum Gasteiger partial charge on any atom is -0.389 e. The van der Waals surface area contributed by atoms with Crippen LogP contribution in [0.1, 0.15) is 24.2 Å². The minimum absolute atomic E-state index is 0.510. The first-order chi connectivity index (χ1) is 9.06. The lowest BCUT2D eigenvalue weighted by Gasteiger charge is -2.07. The Bertz CT molecular complexity index is 570. The van der Waals surface area contributed by atoms with Crippen LogP contribution in [0.25, 0.3) is 0 Å². The Kier molecular flexibility index (Phi) is 4.56. The molecule has 19 heavy (non-hydrogen) atoms. The summed E-state index contributed by atoms with van der Waals surface area (Å²) in [5.41, 5.74) is 1.57. The molecular formula is C15H14F2OS. The number of halogens is 2. The molecule has 0 spiro atoms. The lowest BCUT2D eigenvalue weighted by atomic mass is 10.1. The summed E-state index contributed by atoms with van der Waals surface area (Å²) in [5.74, 6) is -1.10. The normalized spacial score (nSPS) is 12.4. The van der Waals surface area contributed by atoms with E-state index < -0.39 is 17.7 Å². The average molecular weight is 280 g/mol. The molecule has 0 aromatic heterocycles. The molecule has 0 fully saturated rings. The maximum absolute atomic E-state index is 13.1. The lowest BCUT2D eigenvalue weighted by Crippen LogP contribution is -1.91. The zero-order chi connectivity index (χ0) is 13.8. The summed E-state index contributed by atoms with van der Waals surface area (Å²) in [6.07, 6.45) is -0.510. The van der Waals surface area contributed by atoms with E-state index in [1.54, 1.807) is 13.0 Å². The van der Waals surface area contributed by atoms with Gasteiger partial charge in [-0.25, -0.2) is 8.78 Å². The summed E-state index contributed by atoms with van der Waals surface area (Å²) >= 11 is 1.52. The first-order valence-electron chi connectivity index (χ1n) is 5.91. The van der Waals surface area contributed by atoms with Gasteiger partial charge in [0.2, 0.25) is 0 Å². The molecule has 1 nitrogen and oxygen atoms in total. The van der Waals surface area contributed by atoms with E-state index in [1.807, 2.05) is 24.3 Å². The van der Waals surface area contributed by atoms with Crippen molar-refractivity contribution in [2.75, 3.05) is 0 Å². The molecule has 0 heterocycles. The molecular weight excluding hydrogens is 266 g/mol. The molecule has 2 aromatic carbocycles. The number of benzene rings is 2. The Morgan fingerprint density at radius 3 is 2.58 bits per heavy atom. The highest BCUT2D eigenvalue weighted by Crippen LogP contribution is 2.26. The summed E-state index contributed by atoms with van der Waals surface area (Å²) in [4.78, 5) is 0.989. The van der Waals surface area contributed by atoms with Gasteiger partial charge in [-0.05, 0) is 42.3 Å². The molecule has 2 aromatic rings. The highest BCUT2D eigenvalue weighted by molar-refractivity contribution is 7.98. The largest absolute Gasteiger partial charge is 0.389 e. The van der Waals surface area contributed by atoms with Crippen LogP contribution in [0.5, 0.6) is 0 Å². The standard InChI is InChI=1S/C15H14F2OS/c1-10(18)12-3-2-4-13(8-12)19-9-11-5-6-14(16)15(17)7-11/h2-8,10,18H,9H2,1H3. The first kappa shape index (κ1) is 14.0. The van der Waals surface area contributed by atoms with Gasteiger partial charge in [-0.1, -0.05) is 18.2 Å². The predicted octanol–water partition coefficient (Wildman–Crippen LogP) is 4.31. The number of hydrogen-bond donors (Lipinski definition) is 1. The van der Waals surface area contributed by atoms with Crippen molar-refractivity contribution in [3.05, 3.63) is 65.2 Å². The Morgan fingerprint density at radius 1 is 1.11 bits per heavy atom. The molecule has 0 aliphatic carbocycles. The van der Waals surface area contributed by atoms with E-state index in [4.69, 9.17) is 0 Å². The zero-order valence-electron chi connectivity index (χ0n) is 10.4. The third kappa shape index (κ3) is 3.78. The van der Waals surface area contributed by atoms with Crippen LogP contribution in [-0.4, -0.2) is 5.11 Å². The Hall–Kier alpha value is -1.39.